The SMILES string of the molecule is [3H]OC[C@@H](CCC(=O)OC(C)(C)C)c1ccc(OC)c(N2CCCC2)c1. The molecule has 140 valence electrons. The maximum atomic E-state index is 12.0. The van der Waals surface area contributed by atoms with Gasteiger partial charge in [-0.3, -0.25) is 4.79 Å². The zero-order valence-corrected chi connectivity index (χ0v) is 15.8. The Kier molecular flexibility index (Phi) is 6.19. The molecule has 1 N–H and O–H groups in total. The number of aliphatic hydroxyl groups is 1. The Balaban J connectivity index is 2.13. The van der Waals surface area contributed by atoms with Crippen molar-refractivity contribution in [2.75, 3.05) is 31.7 Å². The number of carbonyl (C=O) groups is 1. The van der Waals surface area contributed by atoms with Gasteiger partial charge in [-0.2, -0.15) is 0 Å². The third-order valence-electron chi connectivity index (χ3n) is 4.44. The predicted octanol–water partition coefficient (Wildman–Crippen LogP) is 3.49. The fraction of sp³-hybridized carbons (Fsp3) is 0.650. The molecule has 2 rings (SSSR count). The van der Waals surface area contributed by atoms with Gasteiger partial charge in [0.2, 0.25) is 1.43 Å². The fourth-order valence-corrected chi connectivity index (χ4v) is 3.20. The van der Waals surface area contributed by atoms with Gasteiger partial charge in [0.05, 0.1) is 12.8 Å². The van der Waals surface area contributed by atoms with Crippen molar-refractivity contribution in [2.45, 2.75) is 58.0 Å². The third-order valence-corrected chi connectivity index (χ3v) is 4.44. The fourth-order valence-electron chi connectivity index (χ4n) is 3.20. The van der Waals surface area contributed by atoms with Crippen molar-refractivity contribution >= 4 is 11.7 Å². The molecule has 1 heterocycles. The Morgan fingerprint density at radius 3 is 2.68 bits per heavy atom. The molecule has 1 aromatic rings. The molecule has 1 saturated heterocycles. The molecule has 1 aromatic carbocycles. The number of methoxy groups -OCH3 is 1. The van der Waals surface area contributed by atoms with Gasteiger partial charge in [0.1, 0.15) is 11.4 Å². The summed E-state index contributed by atoms with van der Waals surface area (Å²) in [6.45, 7) is 7.88. The van der Waals surface area contributed by atoms with Crippen LogP contribution in [0.1, 0.15) is 57.9 Å². The zero-order chi connectivity index (χ0) is 19.2. The Bertz CT molecular complexity index is 594. The molecule has 25 heavy (non-hydrogen) atoms. The predicted molar refractivity (Wildman–Crippen MR) is 99.3 cm³/mol. The highest BCUT2D eigenvalue weighted by atomic mass is 16.6. The van der Waals surface area contributed by atoms with Crippen LogP contribution >= 0.6 is 0 Å². The number of benzene rings is 1. The largest absolute Gasteiger partial charge is 0.495 e. The van der Waals surface area contributed by atoms with E-state index in [0.29, 0.717) is 12.8 Å². The first-order valence-electron chi connectivity index (χ1n) is 9.47. The number of hydrogen-bond acceptors (Lipinski definition) is 5. The van der Waals surface area contributed by atoms with Crippen molar-refractivity contribution in [2.24, 2.45) is 0 Å². The van der Waals surface area contributed by atoms with E-state index in [1.54, 1.807) is 7.11 Å². The van der Waals surface area contributed by atoms with Gasteiger partial charge in [-0.05, 0) is 57.7 Å². The van der Waals surface area contributed by atoms with Crippen molar-refractivity contribution in [1.29, 1.82) is 1.43 Å². The Labute approximate surface area is 152 Å². The highest BCUT2D eigenvalue weighted by Gasteiger charge is 2.21. The van der Waals surface area contributed by atoms with Gasteiger partial charge >= 0.3 is 5.97 Å². The quantitative estimate of drug-likeness (QED) is 0.727. The van der Waals surface area contributed by atoms with E-state index in [2.05, 4.69) is 16.1 Å². The average molecular weight is 351 g/mol. The van der Waals surface area contributed by atoms with E-state index >= 15 is 0 Å². The second-order valence-corrected chi connectivity index (χ2v) is 7.61. The molecular formula is C20H31NO4. The molecule has 1 atom stereocenters. The first kappa shape index (κ1) is 18.1. The molecule has 0 saturated carbocycles. The molecule has 0 aliphatic carbocycles. The van der Waals surface area contributed by atoms with E-state index in [0.717, 1.165) is 30.1 Å². The summed E-state index contributed by atoms with van der Waals surface area (Å²) in [4.78, 5) is 14.4. The summed E-state index contributed by atoms with van der Waals surface area (Å²) < 4.78 is 18.1. The van der Waals surface area contributed by atoms with Gasteiger partial charge in [0.15, 0.2) is 0 Å². The number of hydrogen-bond donors (Lipinski definition) is 1. The van der Waals surface area contributed by atoms with Crippen molar-refractivity contribution < 1.29 is 19.4 Å². The number of nitrogens with zero attached hydrogens (tertiary/aromatic N) is 1. The molecule has 0 spiro atoms. The molecule has 1 aliphatic heterocycles. The van der Waals surface area contributed by atoms with Crippen LogP contribution in [0.3, 0.4) is 0 Å². The summed E-state index contributed by atoms with van der Waals surface area (Å²) in [6.07, 6.45) is 3.26. The lowest BCUT2D eigenvalue weighted by Crippen LogP contribution is -2.24. The molecule has 0 radical (unpaired) electrons. The van der Waals surface area contributed by atoms with E-state index in [-0.39, 0.29) is 18.5 Å². The highest BCUT2D eigenvalue weighted by molar-refractivity contribution is 5.70. The topological polar surface area (TPSA) is 59.0 Å². The van der Waals surface area contributed by atoms with Crippen LogP contribution in [0, 0.1) is 0 Å². The standard InChI is InChI=1S/C20H31NO4/c1-20(2,3)25-19(23)10-8-16(14-22)15-7-9-18(24-4)17(13-15)21-11-5-6-12-21/h7,9,13,16,22H,5-6,8,10-12,14H2,1-4H3/t16-/m1/s1/i22T. The third kappa shape index (κ3) is 5.63. The first-order valence-corrected chi connectivity index (χ1v) is 9.07. The lowest BCUT2D eigenvalue weighted by molar-refractivity contribution is -0.155. The van der Waals surface area contributed by atoms with E-state index in [4.69, 9.17) is 10.9 Å². The molecular weight excluding hydrogens is 318 g/mol. The second-order valence-electron chi connectivity index (χ2n) is 7.61. The van der Waals surface area contributed by atoms with Gasteiger partial charge in [0.25, 0.3) is 0 Å². The van der Waals surface area contributed by atoms with E-state index in [9.17, 15) is 4.79 Å². The lowest BCUT2D eigenvalue weighted by Gasteiger charge is -2.24. The van der Waals surface area contributed by atoms with Crippen molar-refractivity contribution in [3.63, 3.8) is 0 Å². The number of ether oxygens (including phenoxy) is 2. The molecule has 1 fully saturated rings. The summed E-state index contributed by atoms with van der Waals surface area (Å²) in [5.74, 6) is 0.598. The van der Waals surface area contributed by atoms with Crippen molar-refractivity contribution in [3.05, 3.63) is 23.8 Å². The summed E-state index contributed by atoms with van der Waals surface area (Å²) in [5.41, 5.74) is 1.65. The minimum Gasteiger partial charge on any atom is -0.495 e. The molecule has 0 aromatic heterocycles. The van der Waals surface area contributed by atoms with Crippen molar-refractivity contribution in [1.82, 2.24) is 0 Å². The number of carbonyl (C=O) groups excluding carboxylic acids is 1. The molecule has 5 nitrogen and oxygen atoms in total. The molecule has 5 heteroatoms. The smallest absolute Gasteiger partial charge is 0.306 e. The summed E-state index contributed by atoms with van der Waals surface area (Å²) in [7, 11) is 1.68. The van der Waals surface area contributed by atoms with Crippen LogP contribution < -0.4 is 9.64 Å². The lowest BCUT2D eigenvalue weighted by atomic mass is 9.94. The zero-order valence-electron chi connectivity index (χ0n) is 16.8. The van der Waals surface area contributed by atoms with Crippen LogP contribution in [0.2, 0.25) is 0 Å². The molecule has 0 unspecified atom stereocenters. The number of anilines is 1. The van der Waals surface area contributed by atoms with Gasteiger partial charge < -0.3 is 19.5 Å². The van der Waals surface area contributed by atoms with Crippen LogP contribution in [0.15, 0.2) is 18.2 Å². The minimum absolute atomic E-state index is 0.0349. The molecule has 0 bridgehead atoms. The van der Waals surface area contributed by atoms with E-state index < -0.39 is 5.60 Å². The number of aliphatic hydroxyl groups excluding tert-OH is 1. The van der Waals surface area contributed by atoms with Crippen LogP contribution in [-0.4, -0.2) is 44.9 Å². The van der Waals surface area contributed by atoms with Crippen LogP contribution in [0.25, 0.3) is 0 Å². The maximum Gasteiger partial charge on any atom is 0.306 e. The van der Waals surface area contributed by atoms with Crippen molar-refractivity contribution in [3.8, 4) is 5.75 Å². The average Bonchev–Trinajstić information content (AvgIpc) is 3.11. The van der Waals surface area contributed by atoms with Gasteiger partial charge in [-0.1, -0.05) is 6.07 Å². The van der Waals surface area contributed by atoms with Gasteiger partial charge in [0, 0.05) is 32.0 Å². The minimum atomic E-state index is -0.485. The summed E-state index contributed by atoms with van der Waals surface area (Å²) in [5, 5.41) is 4.67. The van der Waals surface area contributed by atoms with Crippen LogP contribution in [0.4, 0.5) is 5.69 Å². The number of esters is 1. The van der Waals surface area contributed by atoms with Crippen LogP contribution in [0.5, 0.6) is 5.75 Å². The van der Waals surface area contributed by atoms with Gasteiger partial charge in [-0.25, -0.2) is 0 Å². The summed E-state index contributed by atoms with van der Waals surface area (Å²) >= 11 is 0. The van der Waals surface area contributed by atoms with E-state index in [1.165, 1.54) is 12.8 Å². The first-order chi connectivity index (χ1) is 12.3. The Morgan fingerprint density at radius 1 is 1.36 bits per heavy atom. The van der Waals surface area contributed by atoms with Gasteiger partial charge in [-0.15, -0.1) is 0 Å². The second kappa shape index (κ2) is 8.56. The normalized spacial score (nSPS) is 16.5. The maximum absolute atomic E-state index is 12.0. The highest BCUT2D eigenvalue weighted by Crippen LogP contribution is 2.35. The number of rotatable bonds is 8. The monoisotopic (exact) mass is 351 g/mol. The van der Waals surface area contributed by atoms with Crippen LogP contribution in [-0.2, 0) is 9.53 Å². The molecule has 0 amide bonds. The Morgan fingerprint density at radius 2 is 2.08 bits per heavy atom. The van der Waals surface area contributed by atoms with E-state index in [1.807, 2.05) is 32.9 Å². The Hall–Kier alpha value is -1.75. The molecule has 1 aliphatic rings. The summed E-state index contributed by atoms with van der Waals surface area (Å²) in [6, 6.07) is 6.08.